The first kappa shape index (κ1) is 16.0. The van der Waals surface area contributed by atoms with Gasteiger partial charge >= 0.3 is 0 Å². The summed E-state index contributed by atoms with van der Waals surface area (Å²) in [4.78, 5) is 12.7. The fourth-order valence-corrected chi connectivity index (χ4v) is 2.93. The zero-order chi connectivity index (χ0) is 18.3. The predicted octanol–water partition coefficient (Wildman–Crippen LogP) is 3.73. The van der Waals surface area contributed by atoms with Crippen molar-refractivity contribution in [3.63, 3.8) is 0 Å². The molecular formula is C18H10ClFN6. The summed E-state index contributed by atoms with van der Waals surface area (Å²) < 4.78 is 15.4. The van der Waals surface area contributed by atoms with Crippen molar-refractivity contribution in [3.05, 3.63) is 65.1 Å². The van der Waals surface area contributed by atoms with Crippen molar-refractivity contribution >= 4 is 28.7 Å². The van der Waals surface area contributed by atoms with Gasteiger partial charge in [-0.1, -0.05) is 29.8 Å². The van der Waals surface area contributed by atoms with Crippen LogP contribution in [0.25, 0.3) is 28.2 Å². The molecule has 0 saturated heterocycles. The monoisotopic (exact) mass is 364 g/mol. The lowest BCUT2D eigenvalue weighted by atomic mass is 10.2. The number of halogens is 2. The molecule has 0 fully saturated rings. The van der Waals surface area contributed by atoms with E-state index in [1.54, 1.807) is 41.0 Å². The summed E-state index contributed by atoms with van der Waals surface area (Å²) in [7, 11) is 0. The number of hydrogen-bond donors (Lipinski definition) is 1. The Bertz CT molecular complexity index is 1190. The molecule has 2 aromatic carbocycles. The van der Waals surface area contributed by atoms with Gasteiger partial charge in [-0.15, -0.1) is 0 Å². The first-order chi connectivity index (χ1) is 12.6. The fraction of sp³-hybridized carbons (Fsp3) is 0. The van der Waals surface area contributed by atoms with Crippen molar-refractivity contribution in [1.82, 2.24) is 19.5 Å². The van der Waals surface area contributed by atoms with Crippen molar-refractivity contribution in [2.45, 2.75) is 0 Å². The third kappa shape index (κ3) is 2.62. The Morgan fingerprint density at radius 2 is 1.88 bits per heavy atom. The van der Waals surface area contributed by atoms with E-state index >= 15 is 0 Å². The minimum absolute atomic E-state index is 0.00844. The summed E-state index contributed by atoms with van der Waals surface area (Å²) in [6.07, 6.45) is 0. The molecule has 8 heteroatoms. The van der Waals surface area contributed by atoms with Crippen molar-refractivity contribution in [2.75, 3.05) is 5.73 Å². The number of nitrogen functional groups attached to an aromatic ring is 1. The van der Waals surface area contributed by atoms with E-state index in [0.29, 0.717) is 33.8 Å². The van der Waals surface area contributed by atoms with Crippen LogP contribution < -0.4 is 5.73 Å². The van der Waals surface area contributed by atoms with E-state index in [1.807, 2.05) is 0 Å². The summed E-state index contributed by atoms with van der Waals surface area (Å²) in [6.45, 7) is 0. The summed E-state index contributed by atoms with van der Waals surface area (Å²) in [5.74, 6) is 0.00541. The molecule has 2 heterocycles. The lowest BCUT2D eigenvalue weighted by Crippen LogP contribution is -2.02. The van der Waals surface area contributed by atoms with Gasteiger partial charge in [0.1, 0.15) is 17.2 Å². The number of hydrogen-bond acceptors (Lipinski definition) is 5. The van der Waals surface area contributed by atoms with Gasteiger partial charge in [-0.05, 0) is 30.3 Å². The molecule has 0 aliphatic rings. The second-order valence-corrected chi connectivity index (χ2v) is 5.85. The number of anilines is 1. The number of nitriles is 1. The van der Waals surface area contributed by atoms with Gasteiger partial charge in [-0.25, -0.2) is 9.37 Å². The highest BCUT2D eigenvalue weighted by Gasteiger charge is 2.19. The molecule has 0 aliphatic heterocycles. The number of nitrogens with zero attached hydrogens (tertiary/aromatic N) is 5. The van der Waals surface area contributed by atoms with Crippen LogP contribution in [0.3, 0.4) is 0 Å². The first-order valence-corrected chi connectivity index (χ1v) is 7.92. The van der Waals surface area contributed by atoms with Gasteiger partial charge in [0.05, 0.1) is 17.3 Å². The van der Waals surface area contributed by atoms with Crippen LogP contribution in [0.4, 0.5) is 10.3 Å². The van der Waals surface area contributed by atoms with E-state index in [-0.39, 0.29) is 11.1 Å². The minimum Gasteiger partial charge on any atom is -0.368 e. The molecule has 0 unspecified atom stereocenters. The summed E-state index contributed by atoms with van der Waals surface area (Å²) >= 11 is 6.18. The molecule has 0 aliphatic carbocycles. The van der Waals surface area contributed by atoms with Crippen molar-refractivity contribution in [3.8, 4) is 23.1 Å². The summed E-state index contributed by atoms with van der Waals surface area (Å²) in [5, 5.41) is 9.29. The Morgan fingerprint density at radius 1 is 1.08 bits per heavy atom. The maximum Gasteiger partial charge on any atom is 0.223 e. The Labute approximate surface area is 152 Å². The highest BCUT2D eigenvalue weighted by molar-refractivity contribution is 6.33. The average molecular weight is 365 g/mol. The van der Waals surface area contributed by atoms with Gasteiger partial charge in [0.15, 0.2) is 10.8 Å². The molecule has 2 aromatic heterocycles. The lowest BCUT2D eigenvalue weighted by molar-refractivity contribution is 0.628. The molecule has 0 bridgehead atoms. The SMILES string of the molecule is N#Cc1cccc(-n2c(-c3cccc(F)c3)nc3c(Cl)nc(N)nc32)c1. The van der Waals surface area contributed by atoms with Crippen LogP contribution in [0.15, 0.2) is 48.5 Å². The molecule has 4 rings (SSSR count). The maximum atomic E-state index is 13.8. The lowest BCUT2D eigenvalue weighted by Gasteiger charge is -2.09. The molecule has 0 radical (unpaired) electrons. The van der Waals surface area contributed by atoms with E-state index in [9.17, 15) is 9.65 Å². The van der Waals surface area contributed by atoms with Gasteiger partial charge in [0.25, 0.3) is 0 Å². The van der Waals surface area contributed by atoms with Crippen LogP contribution in [0.2, 0.25) is 5.15 Å². The molecule has 6 nitrogen and oxygen atoms in total. The number of aromatic nitrogens is 4. The predicted molar refractivity (Wildman–Crippen MR) is 96.2 cm³/mol. The van der Waals surface area contributed by atoms with Crippen LogP contribution >= 0.6 is 11.6 Å². The minimum atomic E-state index is -0.399. The maximum absolute atomic E-state index is 13.8. The number of fused-ring (bicyclic) bond motifs is 1. The second kappa shape index (κ2) is 6.10. The number of imidazole rings is 1. The van der Waals surface area contributed by atoms with Gasteiger partial charge in [0, 0.05) is 5.56 Å². The smallest absolute Gasteiger partial charge is 0.223 e. The Kier molecular flexibility index (Phi) is 3.75. The van der Waals surface area contributed by atoms with E-state index < -0.39 is 5.82 Å². The largest absolute Gasteiger partial charge is 0.368 e. The quantitative estimate of drug-likeness (QED) is 0.547. The van der Waals surface area contributed by atoms with Crippen LogP contribution in [-0.2, 0) is 0 Å². The highest BCUT2D eigenvalue weighted by atomic mass is 35.5. The molecule has 2 N–H and O–H groups in total. The van der Waals surface area contributed by atoms with E-state index in [2.05, 4.69) is 21.0 Å². The normalized spacial score (nSPS) is 10.8. The zero-order valence-electron chi connectivity index (χ0n) is 13.2. The number of rotatable bonds is 2. The van der Waals surface area contributed by atoms with Gasteiger partial charge in [-0.3, -0.25) is 4.57 Å². The van der Waals surface area contributed by atoms with Crippen LogP contribution in [0, 0.1) is 17.1 Å². The Morgan fingerprint density at radius 3 is 2.65 bits per heavy atom. The zero-order valence-corrected chi connectivity index (χ0v) is 13.9. The Balaban J connectivity index is 2.11. The number of benzene rings is 2. The molecule has 26 heavy (non-hydrogen) atoms. The van der Waals surface area contributed by atoms with Crippen LogP contribution in [-0.4, -0.2) is 19.5 Å². The molecule has 0 spiro atoms. The molecule has 0 atom stereocenters. The van der Waals surface area contributed by atoms with E-state index in [1.165, 1.54) is 12.1 Å². The second-order valence-electron chi connectivity index (χ2n) is 5.49. The molecule has 0 saturated carbocycles. The van der Waals surface area contributed by atoms with Crippen LogP contribution in [0.5, 0.6) is 0 Å². The van der Waals surface area contributed by atoms with Gasteiger partial charge in [0.2, 0.25) is 5.95 Å². The van der Waals surface area contributed by atoms with Crippen molar-refractivity contribution in [2.24, 2.45) is 0 Å². The van der Waals surface area contributed by atoms with E-state index in [0.717, 1.165) is 0 Å². The van der Waals surface area contributed by atoms with Gasteiger partial charge in [-0.2, -0.15) is 15.2 Å². The highest BCUT2D eigenvalue weighted by Crippen LogP contribution is 2.31. The average Bonchev–Trinajstić information content (AvgIpc) is 3.01. The van der Waals surface area contributed by atoms with Gasteiger partial charge < -0.3 is 5.73 Å². The number of nitrogens with two attached hydrogens (primary N) is 1. The first-order valence-electron chi connectivity index (χ1n) is 7.55. The molecule has 4 aromatic rings. The van der Waals surface area contributed by atoms with Crippen molar-refractivity contribution in [1.29, 1.82) is 5.26 Å². The summed E-state index contributed by atoms with van der Waals surface area (Å²) in [6, 6.07) is 15.0. The van der Waals surface area contributed by atoms with Crippen LogP contribution in [0.1, 0.15) is 5.56 Å². The van der Waals surface area contributed by atoms with Crippen molar-refractivity contribution < 1.29 is 4.39 Å². The third-order valence-corrected chi connectivity index (χ3v) is 4.06. The fourth-order valence-electron chi connectivity index (χ4n) is 2.72. The molecule has 126 valence electrons. The third-order valence-electron chi connectivity index (χ3n) is 3.80. The van der Waals surface area contributed by atoms with E-state index in [4.69, 9.17) is 17.3 Å². The summed E-state index contributed by atoms with van der Waals surface area (Å²) in [5.41, 5.74) is 8.06. The topological polar surface area (TPSA) is 93.4 Å². The molecular weight excluding hydrogens is 355 g/mol. The standard InChI is InChI=1S/C18H10ClFN6/c19-15-14-17(25-18(22)24-15)26(13-6-1-3-10(7-13)9-21)16(23-14)11-4-2-5-12(20)8-11/h1-8H,(H2,22,24,25). The molecule has 0 amide bonds. The Hall–Kier alpha value is -3.50.